The molecule has 0 spiro atoms. The van der Waals surface area contributed by atoms with Crippen LogP contribution in [-0.2, 0) is 11.8 Å². The van der Waals surface area contributed by atoms with Gasteiger partial charge in [-0.05, 0) is 55.5 Å². The predicted octanol–water partition coefficient (Wildman–Crippen LogP) is 3.88. The summed E-state index contributed by atoms with van der Waals surface area (Å²) in [5.74, 6) is -0.332. The molecule has 0 unspecified atom stereocenters. The van der Waals surface area contributed by atoms with Crippen molar-refractivity contribution in [2.75, 3.05) is 5.32 Å². The summed E-state index contributed by atoms with van der Waals surface area (Å²) in [5, 5.41) is 11.1. The number of carbonyl (C=O) groups is 1. The van der Waals surface area contributed by atoms with Gasteiger partial charge >= 0.3 is 0 Å². The molecule has 26 heavy (non-hydrogen) atoms. The Labute approximate surface area is 153 Å². The molecular formula is C18H16F2N4OS. The Morgan fingerprint density at radius 2 is 1.62 bits per heavy atom. The number of rotatable bonds is 5. The number of hydrogen-bond donors (Lipinski definition) is 1. The zero-order chi connectivity index (χ0) is 18.7. The summed E-state index contributed by atoms with van der Waals surface area (Å²) >= 11 is 1.25. The average molecular weight is 374 g/mol. The Balaban J connectivity index is 1.69. The van der Waals surface area contributed by atoms with Gasteiger partial charge in [0.15, 0.2) is 11.0 Å². The van der Waals surface area contributed by atoms with E-state index in [-0.39, 0.29) is 17.5 Å². The largest absolute Gasteiger partial charge is 0.325 e. The van der Waals surface area contributed by atoms with E-state index in [4.69, 9.17) is 0 Å². The van der Waals surface area contributed by atoms with E-state index in [1.54, 1.807) is 30.7 Å². The quantitative estimate of drug-likeness (QED) is 0.689. The number of thioether (sulfide) groups is 1. The first-order chi connectivity index (χ1) is 12.4. The van der Waals surface area contributed by atoms with Gasteiger partial charge in [0.1, 0.15) is 11.6 Å². The molecule has 0 saturated heterocycles. The van der Waals surface area contributed by atoms with E-state index in [0.29, 0.717) is 16.7 Å². The number of carbonyl (C=O) groups excluding carboxylic acids is 1. The lowest BCUT2D eigenvalue weighted by Gasteiger charge is -2.11. The van der Waals surface area contributed by atoms with Gasteiger partial charge in [-0.1, -0.05) is 11.8 Å². The smallest absolute Gasteiger partial charge is 0.237 e. The fourth-order valence-corrected chi connectivity index (χ4v) is 3.07. The summed E-state index contributed by atoms with van der Waals surface area (Å²) in [5.41, 5.74) is 1.26. The molecule has 0 aliphatic heterocycles. The molecule has 1 atom stereocenters. The van der Waals surface area contributed by atoms with Crippen LogP contribution >= 0.6 is 11.8 Å². The molecule has 5 nitrogen and oxygen atoms in total. The molecule has 0 radical (unpaired) electrons. The number of amides is 1. The third-order valence-corrected chi connectivity index (χ3v) is 4.83. The van der Waals surface area contributed by atoms with Crippen LogP contribution in [0.1, 0.15) is 6.92 Å². The van der Waals surface area contributed by atoms with Crippen LogP contribution < -0.4 is 5.32 Å². The zero-order valence-electron chi connectivity index (χ0n) is 14.1. The highest BCUT2D eigenvalue weighted by Crippen LogP contribution is 2.26. The van der Waals surface area contributed by atoms with Crippen LogP contribution in [0.3, 0.4) is 0 Å². The highest BCUT2D eigenvalue weighted by Gasteiger charge is 2.19. The van der Waals surface area contributed by atoms with Crippen LogP contribution in [0.5, 0.6) is 0 Å². The second-order valence-corrected chi connectivity index (χ2v) is 6.94. The van der Waals surface area contributed by atoms with E-state index in [2.05, 4.69) is 15.5 Å². The van der Waals surface area contributed by atoms with Gasteiger partial charge in [0, 0.05) is 18.3 Å². The second kappa shape index (κ2) is 7.65. The molecule has 0 bridgehead atoms. The van der Waals surface area contributed by atoms with Crippen molar-refractivity contribution in [3.63, 3.8) is 0 Å². The first kappa shape index (κ1) is 18.1. The molecule has 3 rings (SSSR count). The van der Waals surface area contributed by atoms with Crippen LogP contribution in [0.2, 0.25) is 0 Å². The van der Waals surface area contributed by atoms with Crippen molar-refractivity contribution < 1.29 is 13.6 Å². The van der Waals surface area contributed by atoms with Gasteiger partial charge in [-0.3, -0.25) is 4.79 Å². The molecule has 8 heteroatoms. The molecule has 0 saturated carbocycles. The topological polar surface area (TPSA) is 59.8 Å². The van der Waals surface area contributed by atoms with Gasteiger partial charge in [0.05, 0.1) is 5.25 Å². The van der Waals surface area contributed by atoms with Gasteiger partial charge in [-0.2, -0.15) is 0 Å². The highest BCUT2D eigenvalue weighted by atomic mass is 32.2. The Morgan fingerprint density at radius 1 is 1.04 bits per heavy atom. The maximum atomic E-state index is 13.1. The van der Waals surface area contributed by atoms with Crippen LogP contribution in [-0.4, -0.2) is 25.9 Å². The summed E-state index contributed by atoms with van der Waals surface area (Å²) in [6.45, 7) is 1.75. The molecule has 0 aliphatic rings. The molecule has 1 aromatic heterocycles. The molecule has 0 fully saturated rings. The van der Waals surface area contributed by atoms with E-state index in [9.17, 15) is 13.6 Å². The van der Waals surface area contributed by atoms with Crippen molar-refractivity contribution in [3.05, 3.63) is 60.2 Å². The highest BCUT2D eigenvalue weighted by molar-refractivity contribution is 8.00. The number of anilines is 1. The Bertz CT molecular complexity index is 910. The normalized spacial score (nSPS) is 12.0. The number of nitrogens with one attached hydrogen (secondary N) is 1. The number of benzene rings is 2. The minimum absolute atomic E-state index is 0.229. The maximum absolute atomic E-state index is 13.1. The Hall–Kier alpha value is -2.74. The van der Waals surface area contributed by atoms with Crippen molar-refractivity contribution in [3.8, 4) is 11.4 Å². The first-order valence-electron chi connectivity index (χ1n) is 7.82. The van der Waals surface area contributed by atoms with Crippen molar-refractivity contribution in [2.24, 2.45) is 7.05 Å². The minimum atomic E-state index is -0.441. The summed E-state index contributed by atoms with van der Waals surface area (Å²) < 4.78 is 27.7. The average Bonchev–Trinajstić information content (AvgIpc) is 2.98. The van der Waals surface area contributed by atoms with Gasteiger partial charge in [0.2, 0.25) is 5.91 Å². The number of nitrogens with zero attached hydrogens (tertiary/aromatic N) is 3. The van der Waals surface area contributed by atoms with Crippen LogP contribution in [0.25, 0.3) is 11.4 Å². The SMILES string of the molecule is C[C@H](Sc1nnc(-c2ccc(F)cc2)n1C)C(=O)Nc1ccc(F)cc1. The van der Waals surface area contributed by atoms with Crippen molar-refractivity contribution in [1.82, 2.24) is 14.8 Å². The van der Waals surface area contributed by atoms with E-state index >= 15 is 0 Å². The predicted molar refractivity (Wildman–Crippen MR) is 96.7 cm³/mol. The molecular weight excluding hydrogens is 358 g/mol. The van der Waals surface area contributed by atoms with Crippen LogP contribution in [0.4, 0.5) is 14.5 Å². The summed E-state index contributed by atoms with van der Waals surface area (Å²) in [4.78, 5) is 12.3. The van der Waals surface area contributed by atoms with Gasteiger partial charge < -0.3 is 9.88 Å². The van der Waals surface area contributed by atoms with Crippen LogP contribution in [0, 0.1) is 11.6 Å². The van der Waals surface area contributed by atoms with Crippen molar-refractivity contribution >= 4 is 23.4 Å². The molecule has 134 valence electrons. The van der Waals surface area contributed by atoms with E-state index in [1.165, 1.54) is 48.2 Å². The summed E-state index contributed by atoms with van der Waals surface area (Å²) in [6.07, 6.45) is 0. The molecule has 1 amide bonds. The standard InChI is InChI=1S/C18H16F2N4OS/c1-11(17(25)21-15-9-7-14(20)8-10-15)26-18-23-22-16(24(18)2)12-3-5-13(19)6-4-12/h3-11H,1-2H3,(H,21,25)/t11-/m0/s1. The molecule has 3 aromatic rings. The van der Waals surface area contributed by atoms with E-state index < -0.39 is 5.25 Å². The zero-order valence-corrected chi connectivity index (χ0v) is 14.9. The molecule has 1 N–H and O–H groups in total. The summed E-state index contributed by atoms with van der Waals surface area (Å²) in [6, 6.07) is 11.5. The Kier molecular flexibility index (Phi) is 5.32. The number of hydrogen-bond acceptors (Lipinski definition) is 4. The summed E-state index contributed by atoms with van der Waals surface area (Å²) in [7, 11) is 1.78. The third kappa shape index (κ3) is 4.08. The minimum Gasteiger partial charge on any atom is -0.325 e. The fraction of sp³-hybridized carbons (Fsp3) is 0.167. The fourth-order valence-electron chi connectivity index (χ4n) is 2.26. The lowest BCUT2D eigenvalue weighted by Crippen LogP contribution is -2.22. The Morgan fingerprint density at radius 3 is 2.23 bits per heavy atom. The first-order valence-corrected chi connectivity index (χ1v) is 8.70. The lowest BCUT2D eigenvalue weighted by molar-refractivity contribution is -0.115. The number of halogens is 2. The molecule has 0 aliphatic carbocycles. The van der Waals surface area contributed by atoms with Crippen molar-refractivity contribution in [2.45, 2.75) is 17.3 Å². The van der Waals surface area contributed by atoms with E-state index in [1.807, 2.05) is 0 Å². The number of aromatic nitrogens is 3. The van der Waals surface area contributed by atoms with Crippen LogP contribution in [0.15, 0.2) is 53.7 Å². The van der Waals surface area contributed by atoms with Gasteiger partial charge in [0.25, 0.3) is 0 Å². The van der Waals surface area contributed by atoms with Gasteiger partial charge in [-0.25, -0.2) is 8.78 Å². The van der Waals surface area contributed by atoms with E-state index in [0.717, 1.165) is 5.56 Å². The maximum Gasteiger partial charge on any atom is 0.237 e. The monoisotopic (exact) mass is 374 g/mol. The molecule has 2 aromatic carbocycles. The second-order valence-electron chi connectivity index (χ2n) is 5.63. The lowest BCUT2D eigenvalue weighted by atomic mass is 10.2. The van der Waals surface area contributed by atoms with Gasteiger partial charge in [-0.15, -0.1) is 10.2 Å². The van der Waals surface area contributed by atoms with Crippen molar-refractivity contribution in [1.29, 1.82) is 0 Å². The molecule has 1 heterocycles. The third-order valence-electron chi connectivity index (χ3n) is 3.70.